The Balaban J connectivity index is 2.27. The molecule has 0 saturated carbocycles. The van der Waals surface area contributed by atoms with E-state index in [1.165, 1.54) is 5.56 Å². The molecule has 0 aromatic heterocycles. The van der Waals surface area contributed by atoms with Gasteiger partial charge in [-0.2, -0.15) is 0 Å². The maximum Gasteiger partial charge on any atom is 0.320 e. The van der Waals surface area contributed by atoms with Gasteiger partial charge in [0.25, 0.3) is 0 Å². The molecular formula is C17H27NO3. The van der Waals surface area contributed by atoms with Gasteiger partial charge in [-0.1, -0.05) is 12.1 Å². The zero-order valence-electron chi connectivity index (χ0n) is 13.7. The average molecular weight is 293 g/mol. The maximum absolute atomic E-state index is 11.6. The molecule has 1 N–H and O–H groups in total. The van der Waals surface area contributed by atoms with Gasteiger partial charge >= 0.3 is 5.97 Å². The van der Waals surface area contributed by atoms with Crippen LogP contribution in [0.5, 0.6) is 5.75 Å². The summed E-state index contributed by atoms with van der Waals surface area (Å²) in [6, 6.07) is 8.33. The van der Waals surface area contributed by atoms with Crippen molar-refractivity contribution in [1.29, 1.82) is 0 Å². The number of hydrogen-bond donors (Lipinski definition) is 1. The van der Waals surface area contributed by atoms with E-state index in [1.54, 1.807) is 7.11 Å². The summed E-state index contributed by atoms with van der Waals surface area (Å²) in [4.78, 5) is 11.6. The molecule has 4 nitrogen and oxygen atoms in total. The lowest BCUT2D eigenvalue weighted by Crippen LogP contribution is -2.36. The molecule has 0 aliphatic carbocycles. The van der Waals surface area contributed by atoms with Crippen molar-refractivity contribution in [3.8, 4) is 5.75 Å². The number of methoxy groups -OCH3 is 1. The quantitative estimate of drug-likeness (QED) is 0.785. The molecule has 0 radical (unpaired) electrons. The van der Waals surface area contributed by atoms with Crippen molar-refractivity contribution in [3.63, 3.8) is 0 Å². The highest BCUT2D eigenvalue weighted by atomic mass is 16.6. The first-order valence-corrected chi connectivity index (χ1v) is 7.38. The van der Waals surface area contributed by atoms with Gasteiger partial charge in [-0.25, -0.2) is 0 Å². The van der Waals surface area contributed by atoms with Gasteiger partial charge in [0.2, 0.25) is 0 Å². The third-order valence-electron chi connectivity index (χ3n) is 3.04. The fourth-order valence-corrected chi connectivity index (χ4v) is 1.91. The number of ether oxygens (including phenoxy) is 2. The maximum atomic E-state index is 11.6. The molecule has 21 heavy (non-hydrogen) atoms. The normalized spacial score (nSPS) is 12.8. The van der Waals surface area contributed by atoms with Crippen molar-refractivity contribution in [2.75, 3.05) is 13.7 Å². The van der Waals surface area contributed by atoms with Gasteiger partial charge in [0.1, 0.15) is 11.4 Å². The Hall–Kier alpha value is -1.55. The molecule has 4 heteroatoms. The molecule has 1 aromatic carbocycles. The second kappa shape index (κ2) is 8.03. The van der Waals surface area contributed by atoms with Crippen molar-refractivity contribution in [2.45, 2.75) is 52.2 Å². The number of carbonyl (C=O) groups excluding carboxylic acids is 1. The van der Waals surface area contributed by atoms with Gasteiger partial charge in [0, 0.05) is 6.04 Å². The van der Waals surface area contributed by atoms with Gasteiger partial charge in [0.05, 0.1) is 13.7 Å². The monoisotopic (exact) mass is 293 g/mol. The van der Waals surface area contributed by atoms with E-state index in [-0.39, 0.29) is 18.6 Å². The first-order valence-electron chi connectivity index (χ1n) is 7.38. The summed E-state index contributed by atoms with van der Waals surface area (Å²) in [5.41, 5.74) is 0.840. The Bertz CT molecular complexity index is 434. The Kier molecular flexibility index (Phi) is 6.69. The number of esters is 1. The number of nitrogens with one attached hydrogen (secondary N) is 1. The van der Waals surface area contributed by atoms with E-state index in [0.29, 0.717) is 0 Å². The van der Waals surface area contributed by atoms with Crippen molar-refractivity contribution >= 4 is 5.97 Å². The minimum absolute atomic E-state index is 0.209. The third-order valence-corrected chi connectivity index (χ3v) is 3.04. The van der Waals surface area contributed by atoms with Crippen LogP contribution in [-0.4, -0.2) is 31.3 Å². The van der Waals surface area contributed by atoms with E-state index < -0.39 is 5.60 Å². The SMILES string of the molecule is COc1ccc(CCC(C)NCC(=O)OC(C)(C)C)cc1. The fraction of sp³-hybridized carbons (Fsp3) is 0.588. The van der Waals surface area contributed by atoms with Crippen LogP contribution in [0.3, 0.4) is 0 Å². The van der Waals surface area contributed by atoms with E-state index in [0.717, 1.165) is 18.6 Å². The van der Waals surface area contributed by atoms with Gasteiger partial charge < -0.3 is 14.8 Å². The number of benzene rings is 1. The van der Waals surface area contributed by atoms with Crippen LogP contribution in [0.1, 0.15) is 39.7 Å². The molecule has 0 amide bonds. The summed E-state index contributed by atoms with van der Waals surface area (Å²) in [5, 5.41) is 3.20. The van der Waals surface area contributed by atoms with E-state index in [1.807, 2.05) is 32.9 Å². The summed E-state index contributed by atoms with van der Waals surface area (Å²) in [7, 11) is 1.66. The van der Waals surface area contributed by atoms with Gasteiger partial charge in [0.15, 0.2) is 0 Å². The Morgan fingerprint density at radius 1 is 1.24 bits per heavy atom. The van der Waals surface area contributed by atoms with Crippen LogP contribution in [0.2, 0.25) is 0 Å². The Labute approximate surface area is 127 Å². The number of carbonyl (C=O) groups is 1. The Morgan fingerprint density at radius 2 is 1.86 bits per heavy atom. The molecule has 0 aliphatic heterocycles. The molecule has 118 valence electrons. The number of aryl methyl sites for hydroxylation is 1. The molecule has 1 aromatic rings. The lowest BCUT2D eigenvalue weighted by atomic mass is 10.1. The van der Waals surface area contributed by atoms with Crippen LogP contribution < -0.4 is 10.1 Å². The fourth-order valence-electron chi connectivity index (χ4n) is 1.91. The van der Waals surface area contributed by atoms with Crippen molar-refractivity contribution < 1.29 is 14.3 Å². The summed E-state index contributed by atoms with van der Waals surface area (Å²) < 4.78 is 10.4. The Morgan fingerprint density at radius 3 is 2.38 bits per heavy atom. The summed E-state index contributed by atoms with van der Waals surface area (Å²) >= 11 is 0. The van der Waals surface area contributed by atoms with Crippen LogP contribution in [0, 0.1) is 0 Å². The topological polar surface area (TPSA) is 47.6 Å². The number of rotatable bonds is 7. The highest BCUT2D eigenvalue weighted by Crippen LogP contribution is 2.13. The lowest BCUT2D eigenvalue weighted by molar-refractivity contribution is -0.153. The first-order chi connectivity index (χ1) is 9.80. The van der Waals surface area contributed by atoms with Crippen LogP contribution in [0.4, 0.5) is 0 Å². The lowest BCUT2D eigenvalue weighted by Gasteiger charge is -2.20. The van der Waals surface area contributed by atoms with Gasteiger partial charge in [-0.15, -0.1) is 0 Å². The van der Waals surface area contributed by atoms with Crippen molar-refractivity contribution in [3.05, 3.63) is 29.8 Å². The molecule has 0 saturated heterocycles. The smallest absolute Gasteiger partial charge is 0.320 e. The molecule has 0 aliphatic rings. The van der Waals surface area contributed by atoms with Gasteiger partial charge in [-0.3, -0.25) is 4.79 Å². The zero-order chi connectivity index (χ0) is 15.9. The van der Waals surface area contributed by atoms with E-state index >= 15 is 0 Å². The minimum Gasteiger partial charge on any atom is -0.497 e. The van der Waals surface area contributed by atoms with E-state index in [2.05, 4.69) is 24.4 Å². The molecule has 1 rings (SSSR count). The average Bonchev–Trinajstić information content (AvgIpc) is 2.41. The molecular weight excluding hydrogens is 266 g/mol. The largest absolute Gasteiger partial charge is 0.497 e. The number of hydrogen-bond acceptors (Lipinski definition) is 4. The summed E-state index contributed by atoms with van der Waals surface area (Å²) in [6.45, 7) is 7.95. The first kappa shape index (κ1) is 17.5. The molecule has 1 unspecified atom stereocenters. The molecule has 1 atom stereocenters. The molecule has 0 heterocycles. The molecule has 0 spiro atoms. The molecule has 0 bridgehead atoms. The minimum atomic E-state index is -0.425. The van der Waals surface area contributed by atoms with E-state index in [4.69, 9.17) is 9.47 Å². The highest BCUT2D eigenvalue weighted by molar-refractivity contribution is 5.72. The second-order valence-electron chi connectivity index (χ2n) is 6.26. The van der Waals surface area contributed by atoms with Crippen LogP contribution in [-0.2, 0) is 16.0 Å². The predicted octanol–water partition coefficient (Wildman–Crippen LogP) is 2.95. The third kappa shape index (κ3) is 7.71. The highest BCUT2D eigenvalue weighted by Gasteiger charge is 2.16. The zero-order valence-corrected chi connectivity index (χ0v) is 13.7. The van der Waals surface area contributed by atoms with Crippen LogP contribution in [0.25, 0.3) is 0 Å². The standard InChI is InChI=1S/C17H27NO3/c1-13(18-12-16(19)21-17(2,3)4)6-7-14-8-10-15(20-5)11-9-14/h8-11,13,18H,6-7,12H2,1-5H3. The van der Waals surface area contributed by atoms with Crippen LogP contribution >= 0.6 is 0 Å². The van der Waals surface area contributed by atoms with Crippen molar-refractivity contribution in [2.24, 2.45) is 0 Å². The van der Waals surface area contributed by atoms with Crippen molar-refractivity contribution in [1.82, 2.24) is 5.32 Å². The summed E-state index contributed by atoms with van der Waals surface area (Å²) in [6.07, 6.45) is 1.93. The van der Waals surface area contributed by atoms with Crippen LogP contribution in [0.15, 0.2) is 24.3 Å². The second-order valence-corrected chi connectivity index (χ2v) is 6.26. The van der Waals surface area contributed by atoms with E-state index in [9.17, 15) is 4.79 Å². The predicted molar refractivity (Wildman–Crippen MR) is 84.6 cm³/mol. The summed E-state index contributed by atoms with van der Waals surface area (Å²) in [5.74, 6) is 0.661. The molecule has 0 fully saturated rings. The van der Waals surface area contributed by atoms with Gasteiger partial charge in [-0.05, 0) is 58.2 Å².